The molecule has 124 valence electrons. The van der Waals surface area contributed by atoms with Gasteiger partial charge in [-0.1, -0.05) is 18.2 Å². The zero-order chi connectivity index (χ0) is 14.9. The van der Waals surface area contributed by atoms with Gasteiger partial charge < -0.3 is 19.7 Å². The molecule has 1 amide bonds. The Labute approximate surface area is 138 Å². The summed E-state index contributed by atoms with van der Waals surface area (Å²) in [6.07, 6.45) is 2.03. The van der Waals surface area contributed by atoms with E-state index in [4.69, 9.17) is 9.47 Å². The Morgan fingerprint density at radius 3 is 2.55 bits per heavy atom. The molecule has 1 aliphatic heterocycles. The number of piperidine rings is 1. The van der Waals surface area contributed by atoms with Gasteiger partial charge in [-0.3, -0.25) is 4.79 Å². The molecule has 0 unspecified atom stereocenters. The second-order valence-electron chi connectivity index (χ2n) is 5.16. The molecule has 0 aliphatic carbocycles. The van der Waals surface area contributed by atoms with Crippen LogP contribution in [0.1, 0.15) is 12.8 Å². The molecule has 2 rings (SSSR count). The third-order valence-electron chi connectivity index (χ3n) is 3.72. The fraction of sp³-hybridized carbons (Fsp3) is 0.562. The second-order valence-corrected chi connectivity index (χ2v) is 5.16. The van der Waals surface area contributed by atoms with Gasteiger partial charge in [0.2, 0.25) is 5.91 Å². The molecule has 6 heteroatoms. The van der Waals surface area contributed by atoms with Crippen LogP contribution in [0.5, 0.6) is 5.75 Å². The summed E-state index contributed by atoms with van der Waals surface area (Å²) in [5, 5.41) is 3.25. The number of nitrogens with zero attached hydrogens (tertiary/aromatic N) is 1. The maximum atomic E-state index is 12.0. The van der Waals surface area contributed by atoms with Gasteiger partial charge in [-0.25, -0.2) is 0 Å². The van der Waals surface area contributed by atoms with Gasteiger partial charge in [0, 0.05) is 19.1 Å². The van der Waals surface area contributed by atoms with E-state index < -0.39 is 0 Å². The maximum absolute atomic E-state index is 12.0. The average Bonchev–Trinajstić information content (AvgIpc) is 2.55. The summed E-state index contributed by atoms with van der Waals surface area (Å²) >= 11 is 0. The highest BCUT2D eigenvalue weighted by atomic mass is 35.5. The van der Waals surface area contributed by atoms with Gasteiger partial charge in [0.15, 0.2) is 0 Å². The van der Waals surface area contributed by atoms with Crippen molar-refractivity contribution < 1.29 is 14.3 Å². The lowest BCUT2D eigenvalue weighted by atomic mass is 10.1. The predicted molar refractivity (Wildman–Crippen MR) is 88.7 cm³/mol. The molecule has 1 N–H and O–H groups in total. The normalized spacial score (nSPS) is 15.2. The first-order valence-corrected chi connectivity index (χ1v) is 7.50. The Bertz CT molecular complexity index is 423. The molecule has 1 saturated heterocycles. The van der Waals surface area contributed by atoms with Crippen LogP contribution in [0.4, 0.5) is 0 Å². The summed E-state index contributed by atoms with van der Waals surface area (Å²) in [4.78, 5) is 13.8. The number of amides is 1. The lowest BCUT2D eigenvalue weighted by Crippen LogP contribution is -2.45. The van der Waals surface area contributed by atoms with Crippen molar-refractivity contribution in [3.05, 3.63) is 30.3 Å². The van der Waals surface area contributed by atoms with Crippen LogP contribution in [0.2, 0.25) is 0 Å². The number of hydrogen-bond acceptors (Lipinski definition) is 4. The highest BCUT2D eigenvalue weighted by Crippen LogP contribution is 2.10. The molecule has 22 heavy (non-hydrogen) atoms. The minimum absolute atomic E-state index is 0. The lowest BCUT2D eigenvalue weighted by molar-refractivity contribution is -0.137. The Morgan fingerprint density at radius 1 is 1.23 bits per heavy atom. The molecule has 0 spiro atoms. The molecule has 0 aromatic heterocycles. The van der Waals surface area contributed by atoms with Crippen LogP contribution in [0, 0.1) is 0 Å². The molecule has 1 aliphatic rings. The summed E-state index contributed by atoms with van der Waals surface area (Å²) in [5.74, 6) is 0.894. The molecule has 0 bridgehead atoms. The van der Waals surface area contributed by atoms with Gasteiger partial charge in [-0.15, -0.1) is 12.4 Å². The molecule has 1 aromatic carbocycles. The zero-order valence-electron chi connectivity index (χ0n) is 13.0. The van der Waals surface area contributed by atoms with Crippen LogP contribution < -0.4 is 10.1 Å². The van der Waals surface area contributed by atoms with E-state index in [1.54, 1.807) is 0 Å². The van der Waals surface area contributed by atoms with Crippen molar-refractivity contribution in [1.82, 2.24) is 10.2 Å². The largest absolute Gasteiger partial charge is 0.491 e. The molecule has 1 aromatic rings. The topological polar surface area (TPSA) is 50.8 Å². The van der Waals surface area contributed by atoms with Crippen LogP contribution in [0.3, 0.4) is 0 Å². The number of halogens is 1. The van der Waals surface area contributed by atoms with Crippen LogP contribution in [0.25, 0.3) is 0 Å². The molecule has 0 saturated carbocycles. The van der Waals surface area contributed by atoms with E-state index in [-0.39, 0.29) is 24.9 Å². The first-order valence-electron chi connectivity index (χ1n) is 7.50. The van der Waals surface area contributed by atoms with E-state index in [2.05, 4.69) is 5.32 Å². The van der Waals surface area contributed by atoms with Crippen molar-refractivity contribution in [2.45, 2.75) is 18.9 Å². The van der Waals surface area contributed by atoms with E-state index in [0.29, 0.717) is 19.3 Å². The van der Waals surface area contributed by atoms with Crippen LogP contribution >= 0.6 is 12.4 Å². The van der Waals surface area contributed by atoms with Crippen molar-refractivity contribution in [1.29, 1.82) is 0 Å². The third kappa shape index (κ3) is 6.22. The summed E-state index contributed by atoms with van der Waals surface area (Å²) in [6.45, 7) is 2.65. The van der Waals surface area contributed by atoms with Gasteiger partial charge in [0.05, 0.1) is 6.61 Å². The van der Waals surface area contributed by atoms with Crippen LogP contribution in [-0.4, -0.2) is 56.8 Å². The molecular weight excluding hydrogens is 304 g/mol. The van der Waals surface area contributed by atoms with Gasteiger partial charge in [0.25, 0.3) is 0 Å². The summed E-state index contributed by atoms with van der Waals surface area (Å²) in [6, 6.07) is 10.1. The second kappa shape index (κ2) is 10.4. The third-order valence-corrected chi connectivity index (χ3v) is 3.72. The Morgan fingerprint density at radius 2 is 1.91 bits per heavy atom. The first-order chi connectivity index (χ1) is 10.3. The van der Waals surface area contributed by atoms with E-state index in [1.807, 2.05) is 42.3 Å². The van der Waals surface area contributed by atoms with Crippen molar-refractivity contribution in [2.24, 2.45) is 0 Å². The van der Waals surface area contributed by atoms with Crippen LogP contribution in [0.15, 0.2) is 30.3 Å². The standard InChI is InChI=1S/C16H24N2O3.ClH/c1-17-14-7-9-18(10-8-14)16(19)13-20-11-12-21-15-5-3-2-4-6-15;/h2-6,14,17H,7-13H2,1H3;1H. The number of benzene rings is 1. The number of hydrogen-bond donors (Lipinski definition) is 1. The van der Waals surface area contributed by atoms with Crippen molar-refractivity contribution >= 4 is 18.3 Å². The monoisotopic (exact) mass is 328 g/mol. The number of ether oxygens (including phenoxy) is 2. The van der Waals surface area contributed by atoms with Crippen molar-refractivity contribution in [3.8, 4) is 5.75 Å². The maximum Gasteiger partial charge on any atom is 0.248 e. The van der Waals surface area contributed by atoms with Crippen LogP contribution in [-0.2, 0) is 9.53 Å². The summed E-state index contributed by atoms with van der Waals surface area (Å²) in [7, 11) is 1.97. The SMILES string of the molecule is CNC1CCN(C(=O)COCCOc2ccccc2)CC1.Cl. The quantitative estimate of drug-likeness (QED) is 0.774. The van der Waals surface area contributed by atoms with E-state index in [9.17, 15) is 4.79 Å². The van der Waals surface area contributed by atoms with Gasteiger partial charge >= 0.3 is 0 Å². The Hall–Kier alpha value is -1.30. The predicted octanol–water partition coefficient (Wildman–Crippen LogP) is 1.71. The molecule has 1 fully saturated rings. The fourth-order valence-corrected chi connectivity index (χ4v) is 2.40. The molecule has 1 heterocycles. The van der Waals surface area contributed by atoms with E-state index in [0.717, 1.165) is 31.7 Å². The van der Waals surface area contributed by atoms with Crippen molar-refractivity contribution in [3.63, 3.8) is 0 Å². The molecular formula is C16H25ClN2O3. The Balaban J connectivity index is 0.00000242. The smallest absolute Gasteiger partial charge is 0.248 e. The first kappa shape index (κ1) is 18.7. The number of carbonyl (C=O) groups is 1. The summed E-state index contributed by atoms with van der Waals surface area (Å²) in [5.41, 5.74) is 0. The Kier molecular flexibility index (Phi) is 8.89. The van der Waals surface area contributed by atoms with Gasteiger partial charge in [0.1, 0.15) is 19.0 Å². The van der Waals surface area contributed by atoms with Gasteiger partial charge in [-0.05, 0) is 32.0 Å². The van der Waals surface area contributed by atoms with Gasteiger partial charge in [-0.2, -0.15) is 0 Å². The average molecular weight is 329 g/mol. The number of likely N-dealkylation sites (tertiary alicyclic amines) is 1. The molecule has 5 nitrogen and oxygen atoms in total. The number of nitrogens with one attached hydrogen (secondary N) is 1. The fourth-order valence-electron chi connectivity index (χ4n) is 2.40. The molecule has 0 radical (unpaired) electrons. The lowest BCUT2D eigenvalue weighted by Gasteiger charge is -2.31. The highest BCUT2D eigenvalue weighted by Gasteiger charge is 2.21. The number of para-hydroxylation sites is 1. The van der Waals surface area contributed by atoms with Crippen molar-refractivity contribution in [2.75, 3.05) is 40.0 Å². The highest BCUT2D eigenvalue weighted by molar-refractivity contribution is 5.85. The minimum atomic E-state index is 0. The van der Waals surface area contributed by atoms with E-state index >= 15 is 0 Å². The molecule has 0 atom stereocenters. The zero-order valence-corrected chi connectivity index (χ0v) is 13.8. The number of carbonyl (C=O) groups excluding carboxylic acids is 1. The number of rotatable bonds is 7. The minimum Gasteiger partial charge on any atom is -0.491 e. The summed E-state index contributed by atoms with van der Waals surface area (Å²) < 4.78 is 10.9. The van der Waals surface area contributed by atoms with E-state index in [1.165, 1.54) is 0 Å².